The highest BCUT2D eigenvalue weighted by Gasteiger charge is 2.17. The van der Waals surface area contributed by atoms with Crippen LogP contribution in [0.25, 0.3) is 0 Å². The Morgan fingerprint density at radius 3 is 2.48 bits per heavy atom. The average molecular weight is 287 g/mol. The normalized spacial score (nSPS) is 10.1. The Labute approximate surface area is 120 Å². The van der Waals surface area contributed by atoms with Gasteiger partial charge in [0.2, 0.25) is 0 Å². The minimum absolute atomic E-state index is 0.0192. The number of nitrogens with two attached hydrogens (primary N) is 1. The van der Waals surface area contributed by atoms with E-state index < -0.39 is 10.8 Å². The number of hydrogen-bond donors (Lipinski definition) is 3. The van der Waals surface area contributed by atoms with Crippen molar-refractivity contribution in [2.75, 3.05) is 5.32 Å². The summed E-state index contributed by atoms with van der Waals surface area (Å²) in [5, 5.41) is 22.6. The molecule has 1 amide bonds. The van der Waals surface area contributed by atoms with Crippen molar-refractivity contribution >= 4 is 17.3 Å². The molecule has 4 N–H and O–H groups in total. The highest BCUT2D eigenvalue weighted by Crippen LogP contribution is 2.28. The van der Waals surface area contributed by atoms with Crippen molar-refractivity contribution in [1.29, 1.82) is 0 Å². The van der Waals surface area contributed by atoms with Gasteiger partial charge in [0.1, 0.15) is 11.4 Å². The number of benzene rings is 2. The molecule has 7 heteroatoms. The Morgan fingerprint density at radius 1 is 1.24 bits per heavy atom. The number of rotatable bonds is 4. The molecular formula is C14H13N3O4. The van der Waals surface area contributed by atoms with E-state index in [9.17, 15) is 20.0 Å². The molecule has 108 valence electrons. The van der Waals surface area contributed by atoms with Crippen LogP contribution in [0.2, 0.25) is 0 Å². The van der Waals surface area contributed by atoms with E-state index in [0.717, 1.165) is 11.6 Å². The molecule has 0 atom stereocenters. The maximum Gasteiger partial charge on any atom is 0.296 e. The van der Waals surface area contributed by atoms with Gasteiger partial charge in [-0.3, -0.25) is 14.9 Å². The summed E-state index contributed by atoms with van der Waals surface area (Å²) < 4.78 is 0. The van der Waals surface area contributed by atoms with Crippen molar-refractivity contribution in [3.63, 3.8) is 0 Å². The predicted octanol–water partition coefficient (Wildman–Crippen LogP) is 2.01. The van der Waals surface area contributed by atoms with Crippen LogP contribution in [0.1, 0.15) is 15.9 Å². The second-order valence-electron chi connectivity index (χ2n) is 4.31. The van der Waals surface area contributed by atoms with Crippen LogP contribution in [0.15, 0.2) is 42.5 Å². The molecule has 2 aromatic carbocycles. The quantitative estimate of drug-likeness (QED) is 0.451. The van der Waals surface area contributed by atoms with Gasteiger partial charge in [0.15, 0.2) is 0 Å². The molecule has 0 spiro atoms. The summed E-state index contributed by atoms with van der Waals surface area (Å²) in [5.41, 5.74) is 6.35. The van der Waals surface area contributed by atoms with E-state index >= 15 is 0 Å². The molecule has 0 aliphatic rings. The average Bonchev–Trinajstić information content (AvgIpc) is 2.49. The zero-order valence-corrected chi connectivity index (χ0v) is 10.9. The lowest BCUT2D eigenvalue weighted by molar-refractivity contribution is -0.384. The van der Waals surface area contributed by atoms with E-state index in [0.29, 0.717) is 12.1 Å². The molecule has 0 unspecified atom stereocenters. The number of hydrogen-bond acceptors (Lipinski definition) is 5. The first-order chi connectivity index (χ1) is 10.0. The van der Waals surface area contributed by atoms with Gasteiger partial charge in [-0.15, -0.1) is 0 Å². The van der Waals surface area contributed by atoms with Crippen LogP contribution in [0, 0.1) is 10.1 Å². The largest absolute Gasteiger partial charge is 0.508 e. The van der Waals surface area contributed by atoms with Crippen LogP contribution in [0.3, 0.4) is 0 Å². The van der Waals surface area contributed by atoms with Gasteiger partial charge < -0.3 is 16.2 Å². The van der Waals surface area contributed by atoms with E-state index in [4.69, 9.17) is 5.73 Å². The fourth-order valence-electron chi connectivity index (χ4n) is 1.76. The monoisotopic (exact) mass is 287 g/mol. The molecule has 21 heavy (non-hydrogen) atoms. The molecular weight excluding hydrogens is 274 g/mol. The Balaban J connectivity index is 2.24. The number of carbonyl (C=O) groups excluding carboxylic acids is 1. The molecule has 0 radical (unpaired) electrons. The Hall–Kier alpha value is -2.93. The summed E-state index contributed by atoms with van der Waals surface area (Å²) in [7, 11) is 0. The lowest BCUT2D eigenvalue weighted by Gasteiger charge is -2.07. The molecule has 0 aliphatic heterocycles. The summed E-state index contributed by atoms with van der Waals surface area (Å²) >= 11 is 0. The molecule has 0 aliphatic carbocycles. The molecule has 7 nitrogen and oxygen atoms in total. The van der Waals surface area contributed by atoms with Gasteiger partial charge in [0.05, 0.1) is 11.0 Å². The van der Waals surface area contributed by atoms with Crippen molar-refractivity contribution in [2.24, 2.45) is 5.73 Å². The maximum atomic E-state index is 12.0. The highest BCUT2D eigenvalue weighted by molar-refractivity contribution is 6.05. The van der Waals surface area contributed by atoms with Gasteiger partial charge >= 0.3 is 0 Å². The maximum absolute atomic E-state index is 12.0. The van der Waals surface area contributed by atoms with Crippen LogP contribution in [-0.2, 0) is 6.54 Å². The fourth-order valence-corrected chi connectivity index (χ4v) is 1.76. The number of phenolic OH excluding ortho intramolecular Hbond substituents is 1. The third-order valence-corrected chi connectivity index (χ3v) is 2.88. The van der Waals surface area contributed by atoms with Crippen LogP contribution in [0.4, 0.5) is 11.4 Å². The molecule has 0 fully saturated rings. The van der Waals surface area contributed by atoms with Crippen molar-refractivity contribution in [3.05, 3.63) is 63.7 Å². The fraction of sp³-hybridized carbons (Fsp3) is 0.0714. The second-order valence-corrected chi connectivity index (χ2v) is 4.31. The summed E-state index contributed by atoms with van der Waals surface area (Å²) in [6.07, 6.45) is 0. The van der Waals surface area contributed by atoms with Gasteiger partial charge in [-0.2, -0.15) is 0 Å². The Bertz CT molecular complexity index is 683. The summed E-state index contributed by atoms with van der Waals surface area (Å²) in [5.74, 6) is -0.723. The number of phenols is 1. The summed E-state index contributed by atoms with van der Waals surface area (Å²) in [6.45, 7) is 0.366. The minimum Gasteiger partial charge on any atom is -0.508 e. The smallest absolute Gasteiger partial charge is 0.296 e. The second kappa shape index (κ2) is 6.02. The van der Waals surface area contributed by atoms with Crippen molar-refractivity contribution in [3.8, 4) is 5.75 Å². The zero-order valence-electron chi connectivity index (χ0n) is 10.9. The standard InChI is InChI=1S/C14H13N3O4/c15-8-9-1-3-10(4-2-9)14(19)16-12-6-5-11(18)7-13(12)17(20)21/h1-7,18H,8,15H2,(H,16,19). The van der Waals surface area contributed by atoms with Crippen LogP contribution in [-0.4, -0.2) is 15.9 Å². The number of aromatic hydroxyl groups is 1. The Morgan fingerprint density at radius 2 is 1.90 bits per heavy atom. The number of amides is 1. The van der Waals surface area contributed by atoms with Crippen molar-refractivity contribution in [1.82, 2.24) is 0 Å². The number of nitrogens with one attached hydrogen (secondary N) is 1. The summed E-state index contributed by atoms with van der Waals surface area (Å²) in [4.78, 5) is 22.3. The third-order valence-electron chi connectivity index (χ3n) is 2.88. The van der Waals surface area contributed by atoms with Gasteiger partial charge in [-0.1, -0.05) is 12.1 Å². The first-order valence-corrected chi connectivity index (χ1v) is 6.09. The number of nitrogens with zero attached hydrogens (tertiary/aromatic N) is 1. The van der Waals surface area contributed by atoms with Gasteiger partial charge in [0, 0.05) is 12.1 Å². The van der Waals surface area contributed by atoms with E-state index in [1.807, 2.05) is 0 Å². The lowest BCUT2D eigenvalue weighted by atomic mass is 10.1. The van der Waals surface area contributed by atoms with E-state index in [1.165, 1.54) is 12.1 Å². The molecule has 0 saturated heterocycles. The molecule has 2 aromatic rings. The molecule has 0 bridgehead atoms. The number of nitro benzene ring substituents is 1. The topological polar surface area (TPSA) is 118 Å². The molecule has 0 heterocycles. The van der Waals surface area contributed by atoms with Gasteiger partial charge in [-0.05, 0) is 29.8 Å². The van der Waals surface area contributed by atoms with Gasteiger partial charge in [0.25, 0.3) is 11.6 Å². The van der Waals surface area contributed by atoms with Crippen LogP contribution >= 0.6 is 0 Å². The number of nitro groups is 1. The number of anilines is 1. The Kier molecular flexibility index (Phi) is 4.15. The van der Waals surface area contributed by atoms with E-state index in [2.05, 4.69) is 5.32 Å². The first-order valence-electron chi connectivity index (χ1n) is 6.09. The lowest BCUT2D eigenvalue weighted by Crippen LogP contribution is -2.13. The van der Waals surface area contributed by atoms with E-state index in [1.54, 1.807) is 24.3 Å². The number of carbonyl (C=O) groups is 1. The molecule has 0 saturated carbocycles. The molecule has 0 aromatic heterocycles. The predicted molar refractivity (Wildman–Crippen MR) is 77.0 cm³/mol. The zero-order chi connectivity index (χ0) is 15.4. The van der Waals surface area contributed by atoms with Crippen LogP contribution < -0.4 is 11.1 Å². The first kappa shape index (κ1) is 14.5. The van der Waals surface area contributed by atoms with E-state index in [-0.39, 0.29) is 17.1 Å². The highest BCUT2D eigenvalue weighted by atomic mass is 16.6. The van der Waals surface area contributed by atoms with Crippen molar-refractivity contribution in [2.45, 2.75) is 6.54 Å². The van der Waals surface area contributed by atoms with Crippen molar-refractivity contribution < 1.29 is 14.8 Å². The minimum atomic E-state index is -0.674. The van der Waals surface area contributed by atoms with Crippen LogP contribution in [0.5, 0.6) is 5.75 Å². The third kappa shape index (κ3) is 3.34. The molecule has 2 rings (SSSR count). The van der Waals surface area contributed by atoms with Gasteiger partial charge in [-0.25, -0.2) is 0 Å². The SMILES string of the molecule is NCc1ccc(C(=O)Nc2ccc(O)cc2[N+](=O)[O-])cc1. The summed E-state index contributed by atoms with van der Waals surface area (Å²) in [6, 6.07) is 10.1.